The average Bonchev–Trinajstić information content (AvgIpc) is 2.82. The number of ether oxygens (including phenoxy) is 1. The van der Waals surface area contributed by atoms with Crippen molar-refractivity contribution in [2.45, 2.75) is 13.5 Å². The molecule has 0 aliphatic carbocycles. The summed E-state index contributed by atoms with van der Waals surface area (Å²) in [7, 11) is 1.56. The number of carbonyl (C=O) groups excluding carboxylic acids is 2. The van der Waals surface area contributed by atoms with E-state index in [0.29, 0.717) is 29.4 Å². The van der Waals surface area contributed by atoms with Gasteiger partial charge in [0.05, 0.1) is 24.9 Å². The molecule has 0 unspecified atom stereocenters. The van der Waals surface area contributed by atoms with Crippen LogP contribution in [0.5, 0.6) is 5.75 Å². The van der Waals surface area contributed by atoms with Crippen LogP contribution >= 0.6 is 0 Å². The number of methoxy groups -OCH3 is 1. The first kappa shape index (κ1) is 22.7. The number of halogens is 1. The zero-order valence-electron chi connectivity index (χ0n) is 18.0. The van der Waals surface area contributed by atoms with Crippen molar-refractivity contribution in [1.82, 2.24) is 15.2 Å². The number of hydrogen-bond donors (Lipinski definition) is 2. The van der Waals surface area contributed by atoms with Gasteiger partial charge in [-0.3, -0.25) is 9.59 Å². The lowest BCUT2D eigenvalue weighted by Crippen LogP contribution is -2.40. The minimum absolute atomic E-state index is 0.112. The summed E-state index contributed by atoms with van der Waals surface area (Å²) < 4.78 is 18.4. The standard InChI is InChI=1S/C24H25FN4O3/c1-3-29(16-22(30)27-15-17-10-12-18(25)13-11-17)24(31)19-7-6-14-26-23(19)28-20-8-4-5-9-21(20)32-2/h4-14H,3,15-16H2,1-2H3,(H,26,28)(H,27,30). The highest BCUT2D eigenvalue weighted by molar-refractivity contribution is 6.01. The quantitative estimate of drug-likeness (QED) is 0.534. The van der Waals surface area contributed by atoms with Crippen LogP contribution in [0.25, 0.3) is 0 Å². The number of para-hydroxylation sites is 2. The number of pyridine rings is 1. The third kappa shape index (κ3) is 5.81. The van der Waals surface area contributed by atoms with E-state index in [1.54, 1.807) is 50.6 Å². The fraction of sp³-hybridized carbons (Fsp3) is 0.208. The Labute approximate surface area is 186 Å². The van der Waals surface area contributed by atoms with E-state index in [1.807, 2.05) is 18.2 Å². The molecule has 2 amide bonds. The fourth-order valence-electron chi connectivity index (χ4n) is 3.08. The van der Waals surface area contributed by atoms with Crippen molar-refractivity contribution in [3.05, 3.63) is 83.8 Å². The Kier molecular flexibility index (Phi) is 7.75. The molecule has 0 atom stereocenters. The van der Waals surface area contributed by atoms with Gasteiger partial charge in [-0.25, -0.2) is 9.37 Å². The highest BCUT2D eigenvalue weighted by Crippen LogP contribution is 2.28. The van der Waals surface area contributed by atoms with E-state index in [-0.39, 0.29) is 30.7 Å². The van der Waals surface area contributed by atoms with Gasteiger partial charge in [-0.15, -0.1) is 0 Å². The molecule has 1 aromatic heterocycles. The van der Waals surface area contributed by atoms with Crippen molar-refractivity contribution in [1.29, 1.82) is 0 Å². The molecular formula is C24H25FN4O3. The first-order valence-corrected chi connectivity index (χ1v) is 10.2. The molecule has 3 rings (SSSR count). The molecule has 8 heteroatoms. The van der Waals surface area contributed by atoms with E-state index in [9.17, 15) is 14.0 Å². The minimum atomic E-state index is -0.336. The van der Waals surface area contributed by atoms with Crippen LogP contribution in [0.2, 0.25) is 0 Å². The lowest BCUT2D eigenvalue weighted by atomic mass is 10.2. The van der Waals surface area contributed by atoms with Crippen molar-refractivity contribution in [2.75, 3.05) is 25.5 Å². The number of amides is 2. The maximum Gasteiger partial charge on any atom is 0.258 e. The molecule has 166 valence electrons. The molecule has 2 N–H and O–H groups in total. The van der Waals surface area contributed by atoms with Gasteiger partial charge in [-0.1, -0.05) is 24.3 Å². The van der Waals surface area contributed by atoms with Crippen LogP contribution in [0.3, 0.4) is 0 Å². The van der Waals surface area contributed by atoms with Crippen LogP contribution in [0, 0.1) is 5.82 Å². The third-order valence-electron chi connectivity index (χ3n) is 4.80. The number of anilines is 2. The summed E-state index contributed by atoms with van der Waals surface area (Å²) in [6.07, 6.45) is 1.58. The number of likely N-dealkylation sites (N-methyl/N-ethyl adjacent to an activating group) is 1. The van der Waals surface area contributed by atoms with Crippen LogP contribution in [-0.4, -0.2) is 41.9 Å². The number of nitrogens with one attached hydrogen (secondary N) is 2. The average molecular weight is 436 g/mol. The predicted molar refractivity (Wildman–Crippen MR) is 120 cm³/mol. The van der Waals surface area contributed by atoms with E-state index < -0.39 is 0 Å². The molecule has 0 aliphatic heterocycles. The first-order chi connectivity index (χ1) is 15.5. The van der Waals surface area contributed by atoms with Gasteiger partial charge in [-0.05, 0) is 48.9 Å². The molecule has 0 radical (unpaired) electrons. The van der Waals surface area contributed by atoms with Gasteiger partial charge in [0.15, 0.2) is 0 Å². The van der Waals surface area contributed by atoms with Gasteiger partial charge < -0.3 is 20.3 Å². The summed E-state index contributed by atoms with van der Waals surface area (Å²) >= 11 is 0. The highest BCUT2D eigenvalue weighted by atomic mass is 19.1. The second kappa shape index (κ2) is 10.9. The lowest BCUT2D eigenvalue weighted by Gasteiger charge is -2.22. The van der Waals surface area contributed by atoms with Gasteiger partial charge in [0.2, 0.25) is 5.91 Å². The Morgan fingerprint density at radius 1 is 1.06 bits per heavy atom. The second-order valence-electron chi connectivity index (χ2n) is 6.95. The normalized spacial score (nSPS) is 10.3. The van der Waals surface area contributed by atoms with E-state index in [1.165, 1.54) is 17.0 Å². The summed E-state index contributed by atoms with van der Waals surface area (Å²) in [4.78, 5) is 31.3. The second-order valence-corrected chi connectivity index (χ2v) is 6.95. The van der Waals surface area contributed by atoms with Crippen LogP contribution in [0.15, 0.2) is 66.9 Å². The summed E-state index contributed by atoms with van der Waals surface area (Å²) in [6, 6.07) is 16.5. The number of nitrogens with zero attached hydrogens (tertiary/aromatic N) is 2. The van der Waals surface area contributed by atoms with E-state index in [4.69, 9.17) is 4.74 Å². The van der Waals surface area contributed by atoms with Crippen LogP contribution in [0.4, 0.5) is 15.9 Å². The van der Waals surface area contributed by atoms with Crippen LogP contribution < -0.4 is 15.4 Å². The Bertz CT molecular complexity index is 1070. The zero-order valence-corrected chi connectivity index (χ0v) is 18.0. The summed E-state index contributed by atoms with van der Waals surface area (Å²) in [5.74, 6) is 0.00987. The van der Waals surface area contributed by atoms with Gasteiger partial charge in [-0.2, -0.15) is 0 Å². The molecule has 0 saturated heterocycles. The van der Waals surface area contributed by atoms with Crippen molar-refractivity contribution in [3.8, 4) is 5.75 Å². The first-order valence-electron chi connectivity index (χ1n) is 10.2. The largest absolute Gasteiger partial charge is 0.495 e. The maximum absolute atomic E-state index is 13.2. The SMILES string of the molecule is CCN(CC(=O)NCc1ccc(F)cc1)C(=O)c1cccnc1Nc1ccccc1OC. The molecule has 0 spiro atoms. The molecule has 2 aromatic carbocycles. The van der Waals surface area contributed by atoms with Crippen molar-refractivity contribution in [2.24, 2.45) is 0 Å². The highest BCUT2D eigenvalue weighted by Gasteiger charge is 2.21. The van der Waals surface area contributed by atoms with Gasteiger partial charge >= 0.3 is 0 Å². The smallest absolute Gasteiger partial charge is 0.258 e. The molecule has 0 aliphatic rings. The van der Waals surface area contributed by atoms with Crippen molar-refractivity contribution >= 4 is 23.3 Å². The molecular weight excluding hydrogens is 411 g/mol. The van der Waals surface area contributed by atoms with E-state index >= 15 is 0 Å². The minimum Gasteiger partial charge on any atom is -0.495 e. The molecule has 7 nitrogen and oxygen atoms in total. The summed E-state index contributed by atoms with van der Waals surface area (Å²) in [6.45, 7) is 2.28. The van der Waals surface area contributed by atoms with Crippen LogP contribution in [0.1, 0.15) is 22.8 Å². The van der Waals surface area contributed by atoms with Gasteiger partial charge in [0, 0.05) is 19.3 Å². The number of aromatic nitrogens is 1. The third-order valence-corrected chi connectivity index (χ3v) is 4.80. The molecule has 1 heterocycles. The Morgan fingerprint density at radius 3 is 2.53 bits per heavy atom. The van der Waals surface area contributed by atoms with E-state index in [0.717, 1.165) is 5.56 Å². The number of benzene rings is 2. The number of carbonyl (C=O) groups is 2. The molecule has 0 fully saturated rings. The molecule has 0 bridgehead atoms. The predicted octanol–water partition coefficient (Wildman–Crippen LogP) is 3.75. The Hall–Kier alpha value is -3.94. The Morgan fingerprint density at radius 2 is 1.81 bits per heavy atom. The maximum atomic E-state index is 13.2. The number of hydrogen-bond acceptors (Lipinski definition) is 5. The van der Waals surface area contributed by atoms with Crippen molar-refractivity contribution < 1.29 is 18.7 Å². The topological polar surface area (TPSA) is 83.6 Å². The molecule has 3 aromatic rings. The fourth-order valence-corrected chi connectivity index (χ4v) is 3.08. The van der Waals surface area contributed by atoms with Crippen molar-refractivity contribution in [3.63, 3.8) is 0 Å². The molecule has 32 heavy (non-hydrogen) atoms. The monoisotopic (exact) mass is 436 g/mol. The van der Waals surface area contributed by atoms with E-state index in [2.05, 4.69) is 15.6 Å². The number of rotatable bonds is 9. The summed E-state index contributed by atoms with van der Waals surface area (Å²) in [5.41, 5.74) is 1.78. The van der Waals surface area contributed by atoms with Gasteiger partial charge in [0.25, 0.3) is 5.91 Å². The Balaban J connectivity index is 1.69. The molecule has 0 saturated carbocycles. The summed E-state index contributed by atoms with van der Waals surface area (Å²) in [5, 5.41) is 5.90. The lowest BCUT2D eigenvalue weighted by molar-refractivity contribution is -0.121. The van der Waals surface area contributed by atoms with Crippen LogP contribution in [-0.2, 0) is 11.3 Å². The zero-order chi connectivity index (χ0) is 22.9. The van der Waals surface area contributed by atoms with Gasteiger partial charge in [0.1, 0.15) is 17.4 Å².